The fourth-order valence-corrected chi connectivity index (χ4v) is 5.64. The van der Waals surface area contributed by atoms with E-state index in [1.54, 1.807) is 0 Å². The molecule has 0 aliphatic heterocycles. The molecule has 0 bridgehead atoms. The summed E-state index contributed by atoms with van der Waals surface area (Å²) < 4.78 is 26.3. The number of phosphoric acid groups is 1. The zero-order valence-electron chi connectivity index (χ0n) is 32.7. The van der Waals surface area contributed by atoms with Crippen molar-refractivity contribution in [3.8, 4) is 0 Å². The Morgan fingerprint density at radius 3 is 1.35 bits per heavy atom. The molecule has 0 aromatic carbocycles. The average molecular weight is 749 g/mol. The average Bonchev–Trinajstić information content (AvgIpc) is 3.11. The van der Waals surface area contributed by atoms with E-state index in [1.807, 2.05) is 12.2 Å². The fraction of sp³-hybridized carbons (Fsp3) is 0.674. The molecule has 1 atom stereocenters. The van der Waals surface area contributed by atoms with Crippen molar-refractivity contribution in [1.29, 1.82) is 0 Å². The first-order valence-corrected chi connectivity index (χ1v) is 21.8. The molecule has 0 amide bonds. The number of hydrogen-bond acceptors (Lipinski definition) is 6. The summed E-state index contributed by atoms with van der Waals surface area (Å²) in [5.74, 6) is -0.984. The lowest BCUT2D eigenvalue weighted by Gasteiger charge is -2.18. The number of hydrogen-bond donors (Lipinski definition) is 2. The van der Waals surface area contributed by atoms with Gasteiger partial charge in [-0.05, 0) is 51.4 Å². The van der Waals surface area contributed by atoms with Crippen LogP contribution in [0, 0.1) is 0 Å². The van der Waals surface area contributed by atoms with E-state index in [-0.39, 0.29) is 19.4 Å². The van der Waals surface area contributed by atoms with Crippen LogP contribution >= 0.6 is 7.82 Å². The smallest absolute Gasteiger partial charge is 0.462 e. The Morgan fingerprint density at radius 1 is 0.519 bits per heavy atom. The van der Waals surface area contributed by atoms with Gasteiger partial charge in [0.2, 0.25) is 0 Å². The predicted octanol–water partition coefficient (Wildman–Crippen LogP) is 12.3. The second kappa shape index (κ2) is 38.2. The molecule has 2 N–H and O–H groups in total. The zero-order chi connectivity index (χ0) is 38.2. The summed E-state index contributed by atoms with van der Waals surface area (Å²) in [6, 6.07) is 0. The Kier molecular flexibility index (Phi) is 36.4. The summed E-state index contributed by atoms with van der Waals surface area (Å²) in [6.07, 6.45) is 49.2. The molecule has 298 valence electrons. The van der Waals surface area contributed by atoms with Crippen LogP contribution in [0.4, 0.5) is 0 Å². The van der Waals surface area contributed by atoms with Crippen LogP contribution in [0.25, 0.3) is 0 Å². The van der Waals surface area contributed by atoms with Crippen LogP contribution < -0.4 is 0 Å². The van der Waals surface area contributed by atoms with Gasteiger partial charge in [0.1, 0.15) is 6.61 Å². The van der Waals surface area contributed by atoms with Crippen LogP contribution in [0.1, 0.15) is 168 Å². The highest BCUT2D eigenvalue weighted by molar-refractivity contribution is 7.46. The number of phosphoric ester groups is 1. The lowest BCUT2D eigenvalue weighted by Crippen LogP contribution is -2.29. The lowest BCUT2D eigenvalue weighted by molar-refractivity contribution is -0.161. The number of carbonyl (C=O) groups is 2. The van der Waals surface area contributed by atoms with Gasteiger partial charge in [0, 0.05) is 12.8 Å². The molecule has 9 heteroatoms. The zero-order valence-corrected chi connectivity index (χ0v) is 33.6. The number of carbonyl (C=O) groups excluding carboxylic acids is 2. The van der Waals surface area contributed by atoms with E-state index >= 15 is 0 Å². The molecular weight excluding hydrogens is 675 g/mol. The molecular formula is C43H73O8P. The normalized spacial score (nSPS) is 13.2. The van der Waals surface area contributed by atoms with Crippen molar-refractivity contribution in [3.63, 3.8) is 0 Å². The molecule has 0 radical (unpaired) electrons. The minimum Gasteiger partial charge on any atom is -0.462 e. The van der Waals surface area contributed by atoms with Crippen LogP contribution in [0.3, 0.4) is 0 Å². The van der Waals surface area contributed by atoms with Gasteiger partial charge in [-0.15, -0.1) is 0 Å². The van der Waals surface area contributed by atoms with Gasteiger partial charge in [-0.1, -0.05) is 177 Å². The van der Waals surface area contributed by atoms with Crippen LogP contribution in [-0.2, 0) is 28.2 Å². The van der Waals surface area contributed by atoms with Gasteiger partial charge in [0.25, 0.3) is 0 Å². The fourth-order valence-electron chi connectivity index (χ4n) is 5.28. The third-order valence-electron chi connectivity index (χ3n) is 8.25. The first kappa shape index (κ1) is 49.5. The Labute approximate surface area is 317 Å². The first-order valence-electron chi connectivity index (χ1n) is 20.2. The monoisotopic (exact) mass is 749 g/mol. The van der Waals surface area contributed by atoms with E-state index in [1.165, 1.54) is 70.6 Å². The van der Waals surface area contributed by atoms with Crippen molar-refractivity contribution >= 4 is 19.8 Å². The van der Waals surface area contributed by atoms with Crippen molar-refractivity contribution in [2.24, 2.45) is 0 Å². The Bertz CT molecular complexity index is 1070. The van der Waals surface area contributed by atoms with Crippen molar-refractivity contribution in [3.05, 3.63) is 72.9 Å². The van der Waals surface area contributed by atoms with Gasteiger partial charge in [0.05, 0.1) is 6.61 Å². The highest BCUT2D eigenvalue weighted by atomic mass is 31.2. The molecule has 0 saturated heterocycles. The molecule has 0 aromatic heterocycles. The minimum absolute atomic E-state index is 0.140. The molecule has 52 heavy (non-hydrogen) atoms. The van der Waals surface area contributed by atoms with Gasteiger partial charge in [-0.25, -0.2) is 4.57 Å². The molecule has 8 nitrogen and oxygen atoms in total. The lowest BCUT2D eigenvalue weighted by atomic mass is 10.0. The van der Waals surface area contributed by atoms with Crippen LogP contribution in [0.2, 0.25) is 0 Å². The SMILES string of the molecule is CC/C=C/C/C=C/C/C=C/C/C=C/C/C=C/C/C=C/CCC(=O)OC[C@H](COP(=O)(O)O)OC(=O)CCCCCCCCCCCCCCCCC. The molecule has 0 rings (SSSR count). The van der Waals surface area contributed by atoms with Crippen LogP contribution in [0.5, 0.6) is 0 Å². The minimum atomic E-state index is -4.77. The molecule has 0 aliphatic carbocycles. The van der Waals surface area contributed by atoms with E-state index < -0.39 is 32.5 Å². The molecule has 0 unspecified atom stereocenters. The molecule has 0 saturated carbocycles. The van der Waals surface area contributed by atoms with Crippen molar-refractivity contribution in [2.45, 2.75) is 174 Å². The number of rotatable bonds is 36. The number of ether oxygens (including phenoxy) is 2. The third kappa shape index (κ3) is 40.3. The molecule has 0 aliphatic rings. The Morgan fingerprint density at radius 2 is 0.923 bits per heavy atom. The first-order chi connectivity index (χ1) is 25.3. The highest BCUT2D eigenvalue weighted by Crippen LogP contribution is 2.36. The van der Waals surface area contributed by atoms with Gasteiger partial charge in [-0.3, -0.25) is 14.1 Å². The quantitative estimate of drug-likeness (QED) is 0.0281. The second-order valence-corrected chi connectivity index (χ2v) is 14.5. The van der Waals surface area contributed by atoms with E-state index in [9.17, 15) is 14.2 Å². The van der Waals surface area contributed by atoms with Crippen molar-refractivity contribution in [1.82, 2.24) is 0 Å². The van der Waals surface area contributed by atoms with E-state index in [2.05, 4.69) is 79.1 Å². The van der Waals surface area contributed by atoms with Gasteiger partial charge in [-0.2, -0.15) is 0 Å². The van der Waals surface area contributed by atoms with Crippen molar-refractivity contribution < 1.29 is 37.9 Å². The van der Waals surface area contributed by atoms with E-state index in [4.69, 9.17) is 19.3 Å². The summed E-state index contributed by atoms with van der Waals surface area (Å²) in [6.45, 7) is 3.50. The second-order valence-electron chi connectivity index (χ2n) is 13.2. The number of allylic oxidation sites excluding steroid dienone is 12. The van der Waals surface area contributed by atoms with Gasteiger partial charge >= 0.3 is 19.8 Å². The Hall–Kier alpha value is -2.51. The maximum Gasteiger partial charge on any atom is 0.469 e. The third-order valence-corrected chi connectivity index (χ3v) is 8.74. The van der Waals surface area contributed by atoms with Crippen LogP contribution in [0.15, 0.2) is 72.9 Å². The van der Waals surface area contributed by atoms with Crippen molar-refractivity contribution in [2.75, 3.05) is 13.2 Å². The van der Waals surface area contributed by atoms with E-state index in [0.29, 0.717) is 12.8 Å². The highest BCUT2D eigenvalue weighted by Gasteiger charge is 2.22. The maximum atomic E-state index is 12.4. The predicted molar refractivity (Wildman–Crippen MR) is 216 cm³/mol. The molecule has 0 heterocycles. The number of unbranched alkanes of at least 4 members (excludes halogenated alkanes) is 14. The molecule has 0 aromatic rings. The maximum absolute atomic E-state index is 12.4. The van der Waals surface area contributed by atoms with Crippen LogP contribution in [-0.4, -0.2) is 41.0 Å². The summed E-state index contributed by atoms with van der Waals surface area (Å²) in [4.78, 5) is 42.8. The summed E-state index contributed by atoms with van der Waals surface area (Å²) >= 11 is 0. The van der Waals surface area contributed by atoms with E-state index in [0.717, 1.165) is 57.8 Å². The molecule has 0 spiro atoms. The summed E-state index contributed by atoms with van der Waals surface area (Å²) in [5.41, 5.74) is 0. The summed E-state index contributed by atoms with van der Waals surface area (Å²) in [5, 5.41) is 0. The summed E-state index contributed by atoms with van der Waals surface area (Å²) in [7, 11) is -4.77. The largest absolute Gasteiger partial charge is 0.469 e. The van der Waals surface area contributed by atoms with Gasteiger partial charge in [0.15, 0.2) is 6.10 Å². The standard InChI is InChI=1S/C43H73O8P/c1-3-5-7-9-11-13-15-17-19-20-21-22-24-25-27-29-31-33-35-37-42(44)49-39-41(40-50-52(46,47)48)51-43(45)38-36-34-32-30-28-26-23-18-16-14-12-10-8-6-4-2/h5,7,11,13,17,19,21-22,25,27,31,33,41H,3-4,6,8-10,12,14-16,18,20,23-24,26,28-30,32,34-40H2,1-2H3,(H2,46,47,48)/b7-5+,13-11+,19-17+,22-21+,27-25+,33-31+/t41-/m1/s1. The van der Waals surface area contributed by atoms with Gasteiger partial charge < -0.3 is 19.3 Å². The Balaban J connectivity index is 4.07. The molecule has 0 fully saturated rings. The number of esters is 2. The topological polar surface area (TPSA) is 119 Å².